The molecular formula is C48H61N3O9. The first kappa shape index (κ1) is 44.4. The standard InChI is InChI=1S/C48H61N3O9/c1-6-27-57-48-42(51(5)46(55)56-32-34-19-11-8-12-20-34)30-40(50-60-47(2,3)4)38-28-35(21-13-15-25-52)37(22-14-16-26-53)43(44(38)48)39-29-36(23-24-41(39)59-48)58-45(54)49-31-33-17-9-7-10-18-33/h6-12,17-20,23-24,28-29,35,37,42-44,52-53H,1,13-16,21-22,25-27,30-32H2,2-5H3,(H,49,54)/t35-,37+,42-,43+,44+,48+/m0/s1. The van der Waals surface area contributed by atoms with E-state index in [1.165, 1.54) is 0 Å². The molecule has 0 radical (unpaired) electrons. The Balaban J connectivity index is 1.48. The van der Waals surface area contributed by atoms with Crippen LogP contribution in [0, 0.1) is 17.8 Å². The van der Waals surface area contributed by atoms with E-state index in [-0.39, 0.29) is 50.6 Å². The highest BCUT2D eigenvalue weighted by Gasteiger charge is 2.65. The minimum Gasteiger partial charge on any atom is -0.459 e. The lowest BCUT2D eigenvalue weighted by atomic mass is 9.55. The van der Waals surface area contributed by atoms with Gasteiger partial charge in [-0.15, -0.1) is 6.58 Å². The molecule has 1 fully saturated rings. The van der Waals surface area contributed by atoms with Crippen molar-refractivity contribution in [3.63, 3.8) is 0 Å². The third-order valence-electron chi connectivity index (χ3n) is 11.5. The molecule has 2 amide bonds. The van der Waals surface area contributed by atoms with E-state index in [9.17, 15) is 19.8 Å². The van der Waals surface area contributed by atoms with E-state index in [4.69, 9.17) is 28.9 Å². The molecule has 0 aromatic heterocycles. The smallest absolute Gasteiger partial charge is 0.412 e. The zero-order chi connectivity index (χ0) is 42.7. The van der Waals surface area contributed by atoms with Gasteiger partial charge in [0.25, 0.3) is 0 Å². The number of oxime groups is 1. The molecule has 3 aromatic rings. The van der Waals surface area contributed by atoms with Crippen LogP contribution in [0.15, 0.2) is 108 Å². The van der Waals surface area contributed by atoms with Crippen molar-refractivity contribution in [2.75, 3.05) is 26.9 Å². The van der Waals surface area contributed by atoms with Gasteiger partial charge in [0, 0.05) is 44.7 Å². The van der Waals surface area contributed by atoms with Gasteiger partial charge in [-0.25, -0.2) is 9.59 Å². The van der Waals surface area contributed by atoms with Gasteiger partial charge < -0.3 is 44.2 Å². The maximum absolute atomic E-state index is 14.1. The normalized spacial score (nSPS) is 23.6. The van der Waals surface area contributed by atoms with Gasteiger partial charge in [0.1, 0.15) is 29.7 Å². The quantitative estimate of drug-likeness (QED) is 0.0651. The number of hydrogen-bond acceptors (Lipinski definition) is 10. The summed E-state index contributed by atoms with van der Waals surface area (Å²) >= 11 is 0. The Morgan fingerprint density at radius 2 is 1.65 bits per heavy atom. The van der Waals surface area contributed by atoms with E-state index < -0.39 is 35.5 Å². The number of likely N-dealkylation sites (N-methyl/N-ethyl adjacent to an activating group) is 1. The van der Waals surface area contributed by atoms with Crippen LogP contribution in [-0.4, -0.2) is 77.3 Å². The first-order valence-electron chi connectivity index (χ1n) is 21.2. The predicted molar refractivity (Wildman–Crippen MR) is 229 cm³/mol. The van der Waals surface area contributed by atoms with Crippen LogP contribution in [0.4, 0.5) is 9.59 Å². The first-order chi connectivity index (χ1) is 29.0. The zero-order valence-electron chi connectivity index (χ0n) is 35.4. The van der Waals surface area contributed by atoms with Crippen LogP contribution in [-0.2, 0) is 27.5 Å². The lowest BCUT2D eigenvalue weighted by molar-refractivity contribution is -0.253. The van der Waals surface area contributed by atoms with Crippen molar-refractivity contribution in [3.8, 4) is 11.5 Å². The van der Waals surface area contributed by atoms with Gasteiger partial charge in [0.2, 0.25) is 5.79 Å². The maximum atomic E-state index is 14.1. The molecule has 1 heterocycles. The summed E-state index contributed by atoms with van der Waals surface area (Å²) in [6.07, 6.45) is 7.47. The van der Waals surface area contributed by atoms with E-state index in [1.807, 2.05) is 93.6 Å². The van der Waals surface area contributed by atoms with Crippen molar-refractivity contribution in [1.82, 2.24) is 10.2 Å². The van der Waals surface area contributed by atoms with Gasteiger partial charge in [-0.3, -0.25) is 0 Å². The zero-order valence-corrected chi connectivity index (χ0v) is 35.4. The van der Waals surface area contributed by atoms with Crippen LogP contribution in [0.2, 0.25) is 0 Å². The Labute approximate surface area is 354 Å². The van der Waals surface area contributed by atoms with Gasteiger partial charge >= 0.3 is 12.2 Å². The topological polar surface area (TPSA) is 148 Å². The average molecular weight is 824 g/mol. The van der Waals surface area contributed by atoms with E-state index in [1.54, 1.807) is 24.1 Å². The van der Waals surface area contributed by atoms with Crippen molar-refractivity contribution in [2.24, 2.45) is 22.9 Å². The van der Waals surface area contributed by atoms with Gasteiger partial charge in [-0.05, 0) is 93.2 Å². The van der Waals surface area contributed by atoms with Crippen LogP contribution < -0.4 is 14.8 Å². The van der Waals surface area contributed by atoms with Crippen LogP contribution in [0.25, 0.3) is 0 Å². The summed E-state index contributed by atoms with van der Waals surface area (Å²) < 4.78 is 26.0. The molecule has 12 heteroatoms. The second kappa shape index (κ2) is 20.4. The molecule has 322 valence electrons. The Bertz CT molecular complexity index is 1960. The molecule has 60 heavy (non-hydrogen) atoms. The molecule has 6 rings (SSSR count). The van der Waals surface area contributed by atoms with Gasteiger partial charge in [-0.2, -0.15) is 0 Å². The molecule has 0 unspecified atom stereocenters. The Morgan fingerprint density at radius 1 is 0.967 bits per heavy atom. The molecule has 0 saturated heterocycles. The highest BCUT2D eigenvalue weighted by molar-refractivity contribution is 6.03. The minimum absolute atomic E-state index is 0.000575. The summed E-state index contributed by atoms with van der Waals surface area (Å²) in [4.78, 5) is 35.1. The molecule has 3 N–H and O–H groups in total. The monoisotopic (exact) mass is 823 g/mol. The highest BCUT2D eigenvalue weighted by Crippen LogP contribution is 2.62. The predicted octanol–water partition coefficient (Wildman–Crippen LogP) is 8.68. The van der Waals surface area contributed by atoms with Crippen LogP contribution in [0.3, 0.4) is 0 Å². The van der Waals surface area contributed by atoms with Crippen molar-refractivity contribution in [3.05, 3.63) is 120 Å². The fourth-order valence-electron chi connectivity index (χ4n) is 8.84. The fraction of sp³-hybridized carbons (Fsp3) is 0.479. The lowest BCUT2D eigenvalue weighted by Crippen LogP contribution is -2.69. The molecular weight excluding hydrogens is 763 g/mol. The van der Waals surface area contributed by atoms with Crippen molar-refractivity contribution < 1.29 is 43.6 Å². The molecule has 3 aliphatic rings. The molecule has 3 aromatic carbocycles. The summed E-state index contributed by atoms with van der Waals surface area (Å²) in [5.74, 6) is -1.32. The van der Waals surface area contributed by atoms with Gasteiger partial charge in [0.15, 0.2) is 0 Å². The third kappa shape index (κ3) is 10.6. The number of benzene rings is 3. The molecule has 6 atom stereocenters. The second-order valence-electron chi connectivity index (χ2n) is 16.9. The Hall–Kier alpha value is -5.17. The van der Waals surface area contributed by atoms with Crippen LogP contribution in [0.5, 0.6) is 11.5 Å². The Morgan fingerprint density at radius 3 is 2.32 bits per heavy atom. The molecule has 0 spiro atoms. The first-order valence-corrected chi connectivity index (χ1v) is 21.2. The number of allylic oxidation sites excluding steroid dienone is 1. The largest absolute Gasteiger partial charge is 0.459 e. The number of aliphatic hydroxyl groups is 2. The number of carbonyl (C=O) groups excluding carboxylic acids is 2. The second-order valence-corrected chi connectivity index (χ2v) is 16.9. The third-order valence-corrected chi connectivity index (χ3v) is 11.5. The summed E-state index contributed by atoms with van der Waals surface area (Å²) in [5, 5.41) is 27.4. The number of nitrogens with one attached hydrogen (secondary N) is 1. The molecule has 12 nitrogen and oxygen atoms in total. The fourth-order valence-corrected chi connectivity index (χ4v) is 8.84. The van der Waals surface area contributed by atoms with Crippen molar-refractivity contribution in [1.29, 1.82) is 0 Å². The molecule has 0 bridgehead atoms. The minimum atomic E-state index is -1.44. The number of hydrogen-bond donors (Lipinski definition) is 3. The van der Waals surface area contributed by atoms with E-state index in [0.29, 0.717) is 36.6 Å². The summed E-state index contributed by atoms with van der Waals surface area (Å²) in [7, 11) is 1.70. The number of amides is 2. The lowest BCUT2D eigenvalue weighted by Gasteiger charge is -2.59. The number of carbonyl (C=O) groups is 2. The van der Waals surface area contributed by atoms with Crippen LogP contribution in [0.1, 0.15) is 88.3 Å². The van der Waals surface area contributed by atoms with Crippen molar-refractivity contribution >= 4 is 17.9 Å². The number of ether oxygens (including phenoxy) is 4. The molecule has 2 aliphatic carbocycles. The summed E-state index contributed by atoms with van der Waals surface area (Å²) in [6, 6.07) is 23.8. The average Bonchev–Trinajstić information content (AvgIpc) is 3.24. The van der Waals surface area contributed by atoms with Crippen LogP contribution >= 0.6 is 0 Å². The number of nitrogens with zero attached hydrogens (tertiary/aromatic N) is 2. The maximum Gasteiger partial charge on any atom is 0.412 e. The highest BCUT2D eigenvalue weighted by atomic mass is 16.7. The number of fused-ring (bicyclic) bond motifs is 2. The van der Waals surface area contributed by atoms with Crippen molar-refractivity contribution in [2.45, 2.75) is 102 Å². The van der Waals surface area contributed by atoms with Gasteiger partial charge in [-0.1, -0.05) is 90.8 Å². The molecule has 1 saturated carbocycles. The number of unbranched alkanes of at least 4 members (excludes halogenated alkanes) is 2. The van der Waals surface area contributed by atoms with E-state index in [2.05, 4.69) is 18.0 Å². The number of aliphatic hydroxyl groups excluding tert-OH is 2. The summed E-state index contributed by atoms with van der Waals surface area (Å²) in [6.45, 7) is 10.5. The molecule has 1 aliphatic heterocycles. The van der Waals surface area contributed by atoms with Gasteiger partial charge in [0.05, 0.1) is 18.2 Å². The Kier molecular flexibility index (Phi) is 15.1. The number of rotatable bonds is 18. The van der Waals surface area contributed by atoms with E-state index >= 15 is 0 Å². The van der Waals surface area contributed by atoms with E-state index in [0.717, 1.165) is 47.9 Å². The summed E-state index contributed by atoms with van der Waals surface area (Å²) in [5.41, 5.74) is 3.60. The SMILES string of the molecule is C=CCO[C@@]12Oc3ccc(OC(=O)NCc4ccccc4)cc3[C@H]3[C@H](CCCCO)[C@@H](CCCCO)C=C(C(=NOC(C)(C)C)C[C@@H]1N(C)C(=O)OCc1ccccc1)[C@H]32.